The van der Waals surface area contributed by atoms with E-state index in [4.69, 9.17) is 0 Å². The summed E-state index contributed by atoms with van der Waals surface area (Å²) in [4.78, 5) is 24.5. The minimum absolute atomic E-state index is 0.0424. The molecular weight excluding hydrogens is 368 g/mol. The Hall–Kier alpha value is -2.63. The fraction of sp³-hybridized carbons (Fsp3) is 0.571. The highest BCUT2D eigenvalue weighted by Gasteiger charge is 2.54. The number of hydrazine groups is 1. The SMILES string of the molecule is CNC(=O)c1ccc(NC2NN(C3(CC#N)CCCC3)C3CCNC(=O)C23)cc1. The van der Waals surface area contributed by atoms with Crippen LogP contribution in [0, 0.1) is 17.2 Å². The van der Waals surface area contributed by atoms with Gasteiger partial charge in [0.25, 0.3) is 5.91 Å². The quantitative estimate of drug-likeness (QED) is 0.598. The van der Waals surface area contributed by atoms with Gasteiger partial charge >= 0.3 is 0 Å². The minimum atomic E-state index is -0.262. The third kappa shape index (κ3) is 3.56. The van der Waals surface area contributed by atoms with Crippen LogP contribution in [0.2, 0.25) is 0 Å². The van der Waals surface area contributed by atoms with Crippen molar-refractivity contribution in [2.24, 2.45) is 5.92 Å². The zero-order valence-corrected chi connectivity index (χ0v) is 16.7. The molecule has 4 N–H and O–H groups in total. The van der Waals surface area contributed by atoms with Crippen molar-refractivity contribution in [2.45, 2.75) is 56.3 Å². The Morgan fingerprint density at radius 3 is 2.69 bits per heavy atom. The van der Waals surface area contributed by atoms with Gasteiger partial charge in [-0.05, 0) is 43.5 Å². The van der Waals surface area contributed by atoms with Gasteiger partial charge < -0.3 is 16.0 Å². The predicted molar refractivity (Wildman–Crippen MR) is 109 cm³/mol. The van der Waals surface area contributed by atoms with Crippen molar-refractivity contribution in [3.05, 3.63) is 29.8 Å². The maximum absolute atomic E-state index is 12.7. The van der Waals surface area contributed by atoms with Crippen LogP contribution in [0.5, 0.6) is 0 Å². The van der Waals surface area contributed by atoms with Gasteiger partial charge in [-0.2, -0.15) is 5.26 Å². The molecule has 3 unspecified atom stereocenters. The number of benzene rings is 1. The van der Waals surface area contributed by atoms with Crippen LogP contribution >= 0.6 is 0 Å². The second-order valence-electron chi connectivity index (χ2n) is 8.22. The number of hydrogen-bond donors (Lipinski definition) is 4. The number of nitrogens with zero attached hydrogens (tertiary/aromatic N) is 2. The van der Waals surface area contributed by atoms with E-state index in [-0.39, 0.29) is 35.5 Å². The van der Waals surface area contributed by atoms with Crippen molar-refractivity contribution in [3.8, 4) is 6.07 Å². The molecule has 8 heteroatoms. The Kier molecular flexibility index (Phi) is 5.43. The fourth-order valence-corrected chi connectivity index (χ4v) is 5.14. The molecule has 2 amide bonds. The molecule has 8 nitrogen and oxygen atoms in total. The van der Waals surface area contributed by atoms with Gasteiger partial charge in [0, 0.05) is 36.4 Å². The molecule has 1 aromatic rings. The molecule has 2 saturated heterocycles. The van der Waals surface area contributed by atoms with Crippen molar-refractivity contribution < 1.29 is 9.59 Å². The number of amides is 2. The van der Waals surface area contributed by atoms with Crippen molar-refractivity contribution in [1.82, 2.24) is 21.1 Å². The molecule has 4 rings (SSSR count). The van der Waals surface area contributed by atoms with E-state index in [0.717, 1.165) is 37.8 Å². The molecule has 1 saturated carbocycles. The van der Waals surface area contributed by atoms with Crippen molar-refractivity contribution in [2.75, 3.05) is 18.9 Å². The summed E-state index contributed by atoms with van der Waals surface area (Å²) < 4.78 is 0. The lowest BCUT2D eigenvalue weighted by atomic mass is 9.86. The summed E-state index contributed by atoms with van der Waals surface area (Å²) in [5.41, 5.74) is 4.79. The first-order chi connectivity index (χ1) is 14.1. The summed E-state index contributed by atoms with van der Waals surface area (Å²) in [5.74, 6) is -0.326. The Bertz CT molecular complexity index is 811. The molecule has 154 valence electrons. The normalized spacial score (nSPS) is 28.3. The van der Waals surface area contributed by atoms with Gasteiger partial charge in [-0.3, -0.25) is 9.59 Å². The topological polar surface area (TPSA) is 109 Å². The van der Waals surface area contributed by atoms with E-state index < -0.39 is 0 Å². The van der Waals surface area contributed by atoms with E-state index in [0.29, 0.717) is 18.5 Å². The van der Waals surface area contributed by atoms with Crippen molar-refractivity contribution in [1.29, 1.82) is 5.26 Å². The largest absolute Gasteiger partial charge is 0.368 e. The Morgan fingerprint density at radius 2 is 2.03 bits per heavy atom. The van der Waals surface area contributed by atoms with Gasteiger partial charge in [0.05, 0.1) is 18.4 Å². The van der Waals surface area contributed by atoms with E-state index in [2.05, 4.69) is 32.5 Å². The first-order valence-corrected chi connectivity index (χ1v) is 10.4. The van der Waals surface area contributed by atoms with E-state index in [9.17, 15) is 14.9 Å². The third-order valence-corrected chi connectivity index (χ3v) is 6.58. The second kappa shape index (κ2) is 8.01. The molecule has 2 heterocycles. The number of nitrogens with one attached hydrogen (secondary N) is 4. The van der Waals surface area contributed by atoms with Crippen molar-refractivity contribution >= 4 is 17.5 Å². The monoisotopic (exact) mass is 396 g/mol. The first-order valence-electron chi connectivity index (χ1n) is 10.4. The molecule has 0 radical (unpaired) electrons. The summed E-state index contributed by atoms with van der Waals surface area (Å²) in [5, 5.41) is 20.7. The highest BCUT2D eigenvalue weighted by atomic mass is 16.2. The van der Waals surface area contributed by atoms with Crippen LogP contribution in [-0.4, -0.2) is 48.2 Å². The standard InChI is InChI=1S/C21H28N6O2/c1-23-19(28)14-4-6-15(7-5-14)25-18-17-16(8-13-24-20(17)29)27(26-18)21(11-12-22)9-2-3-10-21/h4-7,16-18,25-26H,2-3,8-11,13H2,1H3,(H,23,28)(H,24,29). The number of nitriles is 1. The molecular formula is C21H28N6O2. The summed E-state index contributed by atoms with van der Waals surface area (Å²) in [6, 6.07) is 9.68. The highest BCUT2D eigenvalue weighted by molar-refractivity contribution is 5.94. The number of rotatable bonds is 5. The molecule has 0 bridgehead atoms. The highest BCUT2D eigenvalue weighted by Crippen LogP contribution is 2.43. The maximum atomic E-state index is 12.7. The number of hydrogen-bond acceptors (Lipinski definition) is 6. The van der Waals surface area contributed by atoms with E-state index in [1.165, 1.54) is 0 Å². The molecule has 2 aliphatic heterocycles. The van der Waals surface area contributed by atoms with Crippen molar-refractivity contribution in [3.63, 3.8) is 0 Å². The zero-order chi connectivity index (χ0) is 20.4. The number of carbonyl (C=O) groups is 2. The van der Waals surface area contributed by atoms with Crippen LogP contribution in [0.3, 0.4) is 0 Å². The second-order valence-corrected chi connectivity index (χ2v) is 8.22. The van der Waals surface area contributed by atoms with Gasteiger partial charge in [-0.25, -0.2) is 10.4 Å². The number of piperidine rings is 1. The fourth-order valence-electron chi connectivity index (χ4n) is 5.14. The summed E-state index contributed by atoms with van der Waals surface area (Å²) >= 11 is 0. The van der Waals surface area contributed by atoms with Gasteiger partial charge in [-0.15, -0.1) is 0 Å². The molecule has 3 atom stereocenters. The molecule has 3 fully saturated rings. The molecule has 29 heavy (non-hydrogen) atoms. The van der Waals surface area contributed by atoms with Crippen LogP contribution in [0.15, 0.2) is 24.3 Å². The lowest BCUT2D eigenvalue weighted by molar-refractivity contribution is -0.128. The molecule has 1 aliphatic carbocycles. The van der Waals surface area contributed by atoms with Gasteiger partial charge in [-0.1, -0.05) is 12.8 Å². The molecule has 1 aromatic carbocycles. The average molecular weight is 396 g/mol. The number of anilines is 1. The van der Waals surface area contributed by atoms with Crippen LogP contribution < -0.4 is 21.4 Å². The van der Waals surface area contributed by atoms with Crippen LogP contribution in [0.25, 0.3) is 0 Å². The first kappa shape index (κ1) is 19.7. The predicted octanol–water partition coefficient (Wildman–Crippen LogP) is 1.34. The lowest BCUT2D eigenvalue weighted by Gasteiger charge is -2.42. The van der Waals surface area contributed by atoms with E-state index >= 15 is 0 Å². The Labute approximate surface area is 171 Å². The third-order valence-electron chi connectivity index (χ3n) is 6.58. The average Bonchev–Trinajstić information content (AvgIpc) is 3.35. The lowest BCUT2D eigenvalue weighted by Crippen LogP contribution is -2.57. The van der Waals surface area contributed by atoms with Gasteiger partial charge in [0.1, 0.15) is 6.17 Å². The smallest absolute Gasteiger partial charge is 0.251 e. The number of carbonyl (C=O) groups excluding carboxylic acids is 2. The molecule has 0 spiro atoms. The Balaban J connectivity index is 1.57. The minimum Gasteiger partial charge on any atom is -0.368 e. The van der Waals surface area contributed by atoms with E-state index in [1.54, 1.807) is 19.2 Å². The molecule has 3 aliphatic rings. The summed E-state index contributed by atoms with van der Waals surface area (Å²) in [6.07, 6.45) is 5.26. The summed E-state index contributed by atoms with van der Waals surface area (Å²) in [7, 11) is 1.60. The van der Waals surface area contributed by atoms with Gasteiger partial charge in [0.2, 0.25) is 5.91 Å². The van der Waals surface area contributed by atoms with Crippen LogP contribution in [0.1, 0.15) is 48.9 Å². The summed E-state index contributed by atoms with van der Waals surface area (Å²) in [6.45, 7) is 0.661. The maximum Gasteiger partial charge on any atom is 0.251 e. The molecule has 0 aromatic heterocycles. The number of fused-ring (bicyclic) bond motifs is 1. The van der Waals surface area contributed by atoms with E-state index in [1.807, 2.05) is 12.1 Å². The van der Waals surface area contributed by atoms with Gasteiger partial charge in [0.15, 0.2) is 0 Å². The van der Waals surface area contributed by atoms with Crippen LogP contribution in [0.4, 0.5) is 5.69 Å². The van der Waals surface area contributed by atoms with Crippen LogP contribution in [-0.2, 0) is 4.79 Å². The Morgan fingerprint density at radius 1 is 1.31 bits per heavy atom. The zero-order valence-electron chi connectivity index (χ0n) is 16.7.